The second-order valence-corrected chi connectivity index (χ2v) is 10.2. The van der Waals surface area contributed by atoms with Gasteiger partial charge in [-0.1, -0.05) is 52.0 Å². The van der Waals surface area contributed by atoms with Gasteiger partial charge in [-0.25, -0.2) is 4.79 Å². The van der Waals surface area contributed by atoms with Gasteiger partial charge in [0.25, 0.3) is 0 Å². The Bertz CT molecular complexity index is 1020. The topological polar surface area (TPSA) is 99.1 Å². The van der Waals surface area contributed by atoms with E-state index in [0.717, 1.165) is 25.7 Å². The van der Waals surface area contributed by atoms with Gasteiger partial charge in [0.05, 0.1) is 17.9 Å². The van der Waals surface area contributed by atoms with Crippen LogP contribution in [-0.4, -0.2) is 41.3 Å². The van der Waals surface area contributed by atoms with Gasteiger partial charge >= 0.3 is 17.9 Å². The summed E-state index contributed by atoms with van der Waals surface area (Å²) < 4.78 is 15.2. The van der Waals surface area contributed by atoms with Gasteiger partial charge in [-0.15, -0.1) is 0 Å². The van der Waals surface area contributed by atoms with Crippen molar-refractivity contribution in [2.24, 2.45) is 5.92 Å². The number of ether oxygens (including phenoxy) is 3. The van der Waals surface area contributed by atoms with E-state index in [0.29, 0.717) is 11.3 Å². The van der Waals surface area contributed by atoms with Crippen molar-refractivity contribution < 1.29 is 33.7 Å². The molecule has 1 aliphatic carbocycles. The molecule has 208 valence electrons. The molecule has 0 amide bonds. The van der Waals surface area contributed by atoms with Gasteiger partial charge in [-0.2, -0.15) is 0 Å². The fourth-order valence-corrected chi connectivity index (χ4v) is 3.98. The predicted molar refractivity (Wildman–Crippen MR) is 146 cm³/mol. The van der Waals surface area contributed by atoms with Crippen molar-refractivity contribution in [2.45, 2.75) is 91.3 Å². The fraction of sp³-hybridized carbons (Fsp3) is 0.516. The lowest BCUT2D eigenvalue weighted by Crippen LogP contribution is -2.28. The first-order chi connectivity index (χ1) is 18.0. The molecule has 7 nitrogen and oxygen atoms in total. The summed E-state index contributed by atoms with van der Waals surface area (Å²) in [5, 5.41) is 8.85. The fourth-order valence-electron chi connectivity index (χ4n) is 3.98. The molecule has 1 aliphatic heterocycles. The van der Waals surface area contributed by atoms with Gasteiger partial charge in [0.1, 0.15) is 24.1 Å². The molecule has 4 rings (SSSR count). The number of hydrogen-bond acceptors (Lipinski definition) is 7. The highest BCUT2D eigenvalue weighted by molar-refractivity contribution is 5.89. The molecular weight excluding hydrogens is 484 g/mol. The first-order valence-corrected chi connectivity index (χ1v) is 13.5. The lowest BCUT2D eigenvalue weighted by molar-refractivity contribution is -0.152. The standard InChI is InChI=1S/C15H20O2.C8H12O4.C8H10O/c1-3-12-6-8-13(9-7-12)14(16)17-15(2)10-4-5-11-15;1-5(2)8(10)12-6-3-7(9)11-4-6;1-2-7-3-5-8(9)6-4-7/h6-9H,3-5,10-11H2,1-2H3;5-6H,3-4H2,1-2H3;3-6,9H,2H2,1H3. The van der Waals surface area contributed by atoms with Crippen LogP contribution < -0.4 is 0 Å². The lowest BCUT2D eigenvalue weighted by Gasteiger charge is -2.24. The van der Waals surface area contributed by atoms with Gasteiger partial charge in [0, 0.05) is 0 Å². The molecule has 1 heterocycles. The third-order valence-corrected chi connectivity index (χ3v) is 6.52. The van der Waals surface area contributed by atoms with Crippen LogP contribution in [0.1, 0.15) is 88.2 Å². The Balaban J connectivity index is 0.000000212. The highest BCUT2D eigenvalue weighted by Gasteiger charge is 2.32. The molecule has 0 radical (unpaired) electrons. The van der Waals surface area contributed by atoms with E-state index < -0.39 is 0 Å². The van der Waals surface area contributed by atoms with Gasteiger partial charge in [-0.3, -0.25) is 9.59 Å². The van der Waals surface area contributed by atoms with Crippen molar-refractivity contribution in [1.82, 2.24) is 0 Å². The van der Waals surface area contributed by atoms with Crippen molar-refractivity contribution in [3.8, 4) is 5.75 Å². The first kappa shape index (κ1) is 30.9. The Hall–Kier alpha value is -3.35. The van der Waals surface area contributed by atoms with Gasteiger partial charge in [0.2, 0.25) is 0 Å². The number of rotatable bonds is 6. The molecule has 0 bridgehead atoms. The number of cyclic esters (lactones) is 1. The van der Waals surface area contributed by atoms with E-state index in [-0.39, 0.29) is 48.6 Å². The third kappa shape index (κ3) is 10.6. The molecule has 2 aliphatic rings. The summed E-state index contributed by atoms with van der Waals surface area (Å²) in [6.45, 7) is 9.94. The van der Waals surface area contributed by atoms with E-state index in [1.807, 2.05) is 43.3 Å². The Morgan fingerprint density at radius 1 is 0.974 bits per heavy atom. The van der Waals surface area contributed by atoms with Crippen LogP contribution in [-0.2, 0) is 36.6 Å². The highest BCUT2D eigenvalue weighted by atomic mass is 16.6. The molecule has 0 spiro atoms. The van der Waals surface area contributed by atoms with Crippen molar-refractivity contribution in [2.75, 3.05) is 6.61 Å². The lowest BCUT2D eigenvalue weighted by atomic mass is 10.1. The van der Waals surface area contributed by atoms with Gasteiger partial charge in [0.15, 0.2) is 0 Å². The Morgan fingerprint density at radius 2 is 1.50 bits per heavy atom. The summed E-state index contributed by atoms with van der Waals surface area (Å²) in [4.78, 5) is 33.6. The second kappa shape index (κ2) is 15.2. The van der Waals surface area contributed by atoms with Crippen LogP contribution in [0.5, 0.6) is 5.75 Å². The normalized spacial score (nSPS) is 17.4. The molecular formula is C31H42O7. The average molecular weight is 527 g/mol. The average Bonchev–Trinajstić information content (AvgIpc) is 3.52. The smallest absolute Gasteiger partial charge is 0.338 e. The number of esters is 3. The van der Waals surface area contributed by atoms with Crippen LogP contribution >= 0.6 is 0 Å². The maximum absolute atomic E-state index is 12.0. The van der Waals surface area contributed by atoms with Crippen molar-refractivity contribution in [3.63, 3.8) is 0 Å². The van der Waals surface area contributed by atoms with Gasteiger partial charge in [-0.05, 0) is 80.8 Å². The van der Waals surface area contributed by atoms with Crippen LogP contribution in [0.25, 0.3) is 0 Å². The highest BCUT2D eigenvalue weighted by Crippen LogP contribution is 2.33. The molecule has 2 fully saturated rings. The number of carbonyl (C=O) groups excluding carboxylic acids is 3. The molecule has 2 aromatic rings. The molecule has 1 atom stereocenters. The third-order valence-electron chi connectivity index (χ3n) is 6.52. The molecule has 1 unspecified atom stereocenters. The largest absolute Gasteiger partial charge is 0.508 e. The molecule has 2 aromatic carbocycles. The molecule has 1 saturated carbocycles. The maximum atomic E-state index is 12.0. The zero-order valence-corrected chi connectivity index (χ0v) is 23.3. The van der Waals surface area contributed by atoms with E-state index in [4.69, 9.17) is 14.6 Å². The Kier molecular flexibility index (Phi) is 12.3. The van der Waals surface area contributed by atoms with E-state index >= 15 is 0 Å². The number of aromatic hydroxyl groups is 1. The molecule has 1 saturated heterocycles. The molecule has 7 heteroatoms. The minimum absolute atomic E-state index is 0.152. The Labute approximate surface area is 226 Å². The number of carbonyl (C=O) groups is 3. The SMILES string of the molecule is CC(C)C(=O)OC1COC(=O)C1.CCc1ccc(C(=O)OC2(C)CCCC2)cc1.CCc1ccc(O)cc1. The summed E-state index contributed by atoms with van der Waals surface area (Å²) in [5.74, 6) is -0.570. The maximum Gasteiger partial charge on any atom is 0.338 e. The minimum Gasteiger partial charge on any atom is -0.508 e. The van der Waals surface area contributed by atoms with Crippen molar-refractivity contribution >= 4 is 17.9 Å². The van der Waals surface area contributed by atoms with Crippen LogP contribution in [0, 0.1) is 5.92 Å². The number of aryl methyl sites for hydroxylation is 2. The number of hydrogen-bond donors (Lipinski definition) is 1. The molecule has 1 N–H and O–H groups in total. The summed E-state index contributed by atoms with van der Waals surface area (Å²) in [7, 11) is 0. The number of benzene rings is 2. The number of phenolic OH excluding ortho intramolecular Hbond substituents is 1. The van der Waals surface area contributed by atoms with E-state index in [1.165, 1.54) is 24.0 Å². The van der Waals surface area contributed by atoms with E-state index in [2.05, 4.69) is 18.6 Å². The van der Waals surface area contributed by atoms with Crippen LogP contribution in [0.2, 0.25) is 0 Å². The van der Waals surface area contributed by atoms with E-state index in [1.54, 1.807) is 26.0 Å². The predicted octanol–water partition coefficient (Wildman–Crippen LogP) is 6.19. The van der Waals surface area contributed by atoms with Crippen molar-refractivity contribution in [3.05, 3.63) is 65.2 Å². The molecule has 38 heavy (non-hydrogen) atoms. The number of phenols is 1. The summed E-state index contributed by atoms with van der Waals surface area (Å²) in [6.07, 6.45) is 6.16. The van der Waals surface area contributed by atoms with Crippen LogP contribution in [0.15, 0.2) is 48.5 Å². The summed E-state index contributed by atoms with van der Waals surface area (Å²) >= 11 is 0. The monoisotopic (exact) mass is 526 g/mol. The van der Waals surface area contributed by atoms with Crippen molar-refractivity contribution in [1.29, 1.82) is 0 Å². The quantitative estimate of drug-likeness (QED) is 0.354. The minimum atomic E-state index is -0.368. The van der Waals surface area contributed by atoms with Gasteiger partial charge < -0.3 is 19.3 Å². The Morgan fingerprint density at radius 3 is 1.95 bits per heavy atom. The first-order valence-electron chi connectivity index (χ1n) is 13.5. The van der Waals surface area contributed by atoms with E-state index in [9.17, 15) is 14.4 Å². The van der Waals surface area contributed by atoms with Crippen LogP contribution in [0.4, 0.5) is 0 Å². The molecule has 0 aromatic heterocycles. The second-order valence-electron chi connectivity index (χ2n) is 10.2. The summed E-state index contributed by atoms with van der Waals surface area (Å²) in [5.41, 5.74) is 2.93. The zero-order valence-electron chi connectivity index (χ0n) is 23.3. The van der Waals surface area contributed by atoms with Crippen LogP contribution in [0.3, 0.4) is 0 Å². The summed E-state index contributed by atoms with van der Waals surface area (Å²) in [6, 6.07) is 15.0. The zero-order chi connectivity index (χ0) is 28.1.